The number of rotatable bonds is 3. The molecular weight excluding hydrogens is 366 g/mol. The summed E-state index contributed by atoms with van der Waals surface area (Å²) < 4.78 is 0. The monoisotopic (exact) mass is 387 g/mol. The molecule has 4 N–H and O–H groups in total. The summed E-state index contributed by atoms with van der Waals surface area (Å²) in [4.78, 5) is 8.59. The van der Waals surface area contributed by atoms with Gasteiger partial charge in [-0.3, -0.25) is 0 Å². The van der Waals surface area contributed by atoms with Crippen molar-refractivity contribution >= 4 is 35.0 Å². The van der Waals surface area contributed by atoms with Crippen LogP contribution in [0, 0.1) is 18.3 Å². The van der Waals surface area contributed by atoms with Crippen molar-refractivity contribution in [3.05, 3.63) is 40.4 Å². The highest BCUT2D eigenvalue weighted by Crippen LogP contribution is 2.39. The van der Waals surface area contributed by atoms with Crippen molar-refractivity contribution in [2.75, 3.05) is 23.7 Å². The molecule has 0 bridgehead atoms. The molecule has 0 amide bonds. The number of piperidine rings is 1. The van der Waals surface area contributed by atoms with E-state index in [0.717, 1.165) is 47.1 Å². The molecule has 0 aliphatic carbocycles. The number of nitriles is 1. The Hall–Kier alpha value is -1.94. The lowest BCUT2D eigenvalue weighted by molar-refractivity contribution is 0.363. The lowest BCUT2D eigenvalue weighted by Gasteiger charge is -2.37. The minimum Gasteiger partial charge on any atom is -0.383 e. The maximum Gasteiger partial charge on any atom is 0.140 e. The third-order valence-corrected chi connectivity index (χ3v) is 6.41. The Labute approximate surface area is 163 Å². The van der Waals surface area contributed by atoms with Gasteiger partial charge >= 0.3 is 0 Å². The van der Waals surface area contributed by atoms with Gasteiger partial charge in [0.15, 0.2) is 0 Å². The van der Waals surface area contributed by atoms with Crippen LogP contribution in [-0.4, -0.2) is 23.6 Å². The van der Waals surface area contributed by atoms with E-state index in [2.05, 4.69) is 28.9 Å². The van der Waals surface area contributed by atoms with E-state index < -0.39 is 0 Å². The quantitative estimate of drug-likeness (QED) is 0.827. The molecule has 0 atom stereocenters. The Morgan fingerprint density at radius 2 is 2.00 bits per heavy atom. The molecule has 1 aliphatic rings. The molecule has 1 fully saturated rings. The first kappa shape index (κ1) is 18.8. The van der Waals surface area contributed by atoms with Crippen LogP contribution < -0.4 is 16.4 Å². The average Bonchev–Trinajstić information content (AvgIpc) is 2.59. The number of halogens is 1. The van der Waals surface area contributed by atoms with Gasteiger partial charge < -0.3 is 16.4 Å². The normalized spacial score (nSPS) is 16.3. The third kappa shape index (κ3) is 4.07. The van der Waals surface area contributed by atoms with Crippen LogP contribution in [0.2, 0.25) is 5.02 Å². The van der Waals surface area contributed by atoms with Crippen molar-refractivity contribution in [2.24, 2.45) is 5.73 Å². The first-order valence-electron chi connectivity index (χ1n) is 8.47. The topological polar surface area (TPSA) is 92.0 Å². The Kier molecular flexibility index (Phi) is 5.33. The molecule has 1 aliphatic heterocycles. The molecule has 2 aromatic rings. The molecule has 1 aromatic carbocycles. The van der Waals surface area contributed by atoms with Crippen LogP contribution >= 0.6 is 23.4 Å². The first-order chi connectivity index (χ1) is 12.3. The van der Waals surface area contributed by atoms with Gasteiger partial charge in [0.05, 0.1) is 21.6 Å². The van der Waals surface area contributed by atoms with E-state index in [4.69, 9.17) is 28.3 Å². The molecule has 2 heterocycles. The van der Waals surface area contributed by atoms with Crippen LogP contribution in [0.4, 0.5) is 11.6 Å². The lowest BCUT2D eigenvalue weighted by atomic mass is 9.91. The van der Waals surface area contributed by atoms with Gasteiger partial charge in [-0.25, -0.2) is 4.98 Å². The molecule has 1 aromatic heterocycles. The molecule has 5 nitrogen and oxygen atoms in total. The van der Waals surface area contributed by atoms with Gasteiger partial charge in [-0.1, -0.05) is 23.4 Å². The fraction of sp³-hybridized carbons (Fsp3) is 0.368. The fourth-order valence-electron chi connectivity index (χ4n) is 2.97. The zero-order valence-corrected chi connectivity index (χ0v) is 16.5. The van der Waals surface area contributed by atoms with Crippen LogP contribution in [-0.2, 0) is 0 Å². The summed E-state index contributed by atoms with van der Waals surface area (Å²) in [5, 5.41) is 9.50. The van der Waals surface area contributed by atoms with E-state index in [-0.39, 0.29) is 5.54 Å². The minimum absolute atomic E-state index is 0.0980. The highest BCUT2D eigenvalue weighted by molar-refractivity contribution is 7.99. The van der Waals surface area contributed by atoms with Crippen LogP contribution in [0.3, 0.4) is 0 Å². The number of benzene rings is 1. The summed E-state index contributed by atoms with van der Waals surface area (Å²) in [5.41, 5.74) is 14.0. The lowest BCUT2D eigenvalue weighted by Crippen LogP contribution is -2.48. The number of hydrogen-bond donors (Lipinski definition) is 2. The second kappa shape index (κ2) is 7.36. The van der Waals surface area contributed by atoms with Crippen molar-refractivity contribution in [3.63, 3.8) is 0 Å². The summed E-state index contributed by atoms with van der Waals surface area (Å²) in [6, 6.07) is 9.40. The number of nitrogen functional groups attached to an aromatic ring is 1. The second-order valence-electron chi connectivity index (χ2n) is 7.01. The van der Waals surface area contributed by atoms with Gasteiger partial charge in [-0.15, -0.1) is 0 Å². The van der Waals surface area contributed by atoms with Crippen molar-refractivity contribution in [2.45, 2.75) is 42.0 Å². The van der Waals surface area contributed by atoms with E-state index in [1.54, 1.807) is 12.1 Å². The number of pyridine rings is 1. The highest BCUT2D eigenvalue weighted by atomic mass is 35.5. The van der Waals surface area contributed by atoms with Crippen molar-refractivity contribution in [1.82, 2.24) is 4.98 Å². The SMILES string of the molecule is Cc1cc(N2CCC(C)(N)CC2)nc(N)c1Sc1ccc(C#N)cc1Cl. The number of nitrogens with two attached hydrogens (primary N) is 2. The van der Waals surface area contributed by atoms with Gasteiger partial charge in [0.25, 0.3) is 0 Å². The number of aryl methyl sites for hydroxylation is 1. The Morgan fingerprint density at radius 3 is 2.58 bits per heavy atom. The average molecular weight is 388 g/mol. The van der Waals surface area contributed by atoms with Crippen LogP contribution in [0.15, 0.2) is 34.1 Å². The first-order valence-corrected chi connectivity index (χ1v) is 9.67. The number of aromatic nitrogens is 1. The van der Waals surface area contributed by atoms with Gasteiger partial charge in [-0.2, -0.15) is 5.26 Å². The fourth-order valence-corrected chi connectivity index (χ4v) is 4.15. The Balaban J connectivity index is 1.83. The van der Waals surface area contributed by atoms with Crippen molar-refractivity contribution in [3.8, 4) is 6.07 Å². The minimum atomic E-state index is -0.0980. The second-order valence-corrected chi connectivity index (χ2v) is 8.47. The van der Waals surface area contributed by atoms with E-state index in [1.165, 1.54) is 11.8 Å². The van der Waals surface area contributed by atoms with E-state index in [9.17, 15) is 0 Å². The maximum absolute atomic E-state index is 8.96. The summed E-state index contributed by atoms with van der Waals surface area (Å²) in [5.74, 6) is 1.39. The molecule has 0 radical (unpaired) electrons. The predicted molar refractivity (Wildman–Crippen MR) is 108 cm³/mol. The zero-order valence-electron chi connectivity index (χ0n) is 14.9. The number of nitrogens with zero attached hydrogens (tertiary/aromatic N) is 3. The molecule has 26 heavy (non-hydrogen) atoms. The molecule has 0 saturated carbocycles. The molecule has 7 heteroatoms. The Morgan fingerprint density at radius 1 is 1.31 bits per heavy atom. The standard InChI is InChI=1S/C19H22ClN5S/c1-12-9-16(25-7-5-19(2,23)6-8-25)24-18(22)17(12)26-15-4-3-13(11-21)10-14(15)20/h3-4,9-10H,5-8,23H2,1-2H3,(H2,22,24). The van der Waals surface area contributed by atoms with Gasteiger partial charge in [0.1, 0.15) is 11.6 Å². The van der Waals surface area contributed by atoms with E-state index in [1.807, 2.05) is 13.0 Å². The summed E-state index contributed by atoms with van der Waals surface area (Å²) in [7, 11) is 0. The summed E-state index contributed by atoms with van der Waals surface area (Å²) in [6.45, 7) is 5.89. The van der Waals surface area contributed by atoms with Gasteiger partial charge in [0.2, 0.25) is 0 Å². The Bertz CT molecular complexity index is 842. The van der Waals surface area contributed by atoms with Crippen LogP contribution in [0.25, 0.3) is 0 Å². The van der Waals surface area contributed by atoms with Crippen LogP contribution in [0.1, 0.15) is 30.9 Å². The third-order valence-electron chi connectivity index (χ3n) is 4.67. The van der Waals surface area contributed by atoms with Gasteiger partial charge in [-0.05, 0) is 56.5 Å². The van der Waals surface area contributed by atoms with Crippen LogP contribution in [0.5, 0.6) is 0 Å². The molecule has 136 valence electrons. The predicted octanol–water partition coefficient (Wildman–Crippen LogP) is 3.97. The van der Waals surface area contributed by atoms with Gasteiger partial charge in [0, 0.05) is 23.5 Å². The van der Waals surface area contributed by atoms with E-state index >= 15 is 0 Å². The molecule has 1 saturated heterocycles. The molecule has 0 spiro atoms. The summed E-state index contributed by atoms with van der Waals surface area (Å²) >= 11 is 7.76. The molecule has 0 unspecified atom stereocenters. The highest BCUT2D eigenvalue weighted by Gasteiger charge is 2.27. The number of hydrogen-bond acceptors (Lipinski definition) is 6. The van der Waals surface area contributed by atoms with Crippen molar-refractivity contribution < 1.29 is 0 Å². The molecule has 3 rings (SSSR count). The number of anilines is 2. The smallest absolute Gasteiger partial charge is 0.140 e. The van der Waals surface area contributed by atoms with E-state index in [0.29, 0.717) is 16.4 Å². The summed E-state index contributed by atoms with van der Waals surface area (Å²) in [6.07, 6.45) is 1.87. The van der Waals surface area contributed by atoms with Crippen molar-refractivity contribution in [1.29, 1.82) is 5.26 Å². The zero-order chi connectivity index (χ0) is 18.9. The largest absolute Gasteiger partial charge is 0.383 e. The maximum atomic E-state index is 8.96. The molecular formula is C19H22ClN5S.